The van der Waals surface area contributed by atoms with E-state index in [0.29, 0.717) is 11.3 Å². The third-order valence-electron chi connectivity index (χ3n) is 10.3. The van der Waals surface area contributed by atoms with E-state index < -0.39 is 117 Å². The molecular formula is C35H47N5O14. The van der Waals surface area contributed by atoms with E-state index in [4.69, 9.17) is 15.2 Å². The number of amides is 2. The fourth-order valence-corrected chi connectivity index (χ4v) is 7.83. The molecule has 3 aliphatic carbocycles. The maximum absolute atomic E-state index is 15.1. The second-order valence-corrected chi connectivity index (χ2v) is 15.5. The van der Waals surface area contributed by atoms with Gasteiger partial charge in [-0.15, -0.1) is 0 Å². The van der Waals surface area contributed by atoms with Crippen molar-refractivity contribution in [3.05, 3.63) is 34.1 Å². The van der Waals surface area contributed by atoms with E-state index in [0.717, 1.165) is 0 Å². The highest BCUT2D eigenvalue weighted by atomic mass is 16.7. The number of aliphatic hydroxyl groups is 5. The first-order chi connectivity index (χ1) is 25.0. The van der Waals surface area contributed by atoms with Crippen molar-refractivity contribution >= 4 is 46.5 Å². The Morgan fingerprint density at radius 2 is 1.67 bits per heavy atom. The fraction of sp³-hybridized carbons (Fsp3) is 0.571. The molecule has 0 unspecified atom stereocenters. The zero-order valence-electron chi connectivity index (χ0n) is 30.8. The molecule has 11 N–H and O–H groups in total. The summed E-state index contributed by atoms with van der Waals surface area (Å²) >= 11 is 0. The number of anilines is 2. The molecule has 19 heteroatoms. The molecule has 1 saturated heterocycles. The Kier molecular flexibility index (Phi) is 10.7. The Labute approximate surface area is 309 Å². The molecule has 54 heavy (non-hydrogen) atoms. The monoisotopic (exact) mass is 761 g/mol. The molecule has 1 heterocycles. The molecular weight excluding hydrogens is 714 g/mol. The summed E-state index contributed by atoms with van der Waals surface area (Å²) in [4.78, 5) is 69.7. The van der Waals surface area contributed by atoms with Crippen LogP contribution in [0.3, 0.4) is 0 Å². The molecule has 2 fully saturated rings. The number of nitrogens with two attached hydrogens (primary N) is 1. The number of hydrogen-bond donors (Lipinski definition) is 10. The number of benzene rings is 1. The van der Waals surface area contributed by atoms with Crippen LogP contribution in [0.1, 0.15) is 38.3 Å². The minimum Gasteiger partial charge on any atom is -0.508 e. The van der Waals surface area contributed by atoms with Crippen LogP contribution in [0.5, 0.6) is 5.75 Å². The first-order valence-electron chi connectivity index (χ1n) is 17.1. The van der Waals surface area contributed by atoms with Gasteiger partial charge in [0.2, 0.25) is 11.7 Å². The smallest absolute Gasteiger partial charge is 0.335 e. The predicted octanol–water partition coefficient (Wildman–Crippen LogP) is -1.73. The lowest BCUT2D eigenvalue weighted by atomic mass is 9.57. The van der Waals surface area contributed by atoms with E-state index in [1.165, 1.54) is 25.1 Å². The molecule has 2 amide bonds. The largest absolute Gasteiger partial charge is 0.508 e. The van der Waals surface area contributed by atoms with Gasteiger partial charge < -0.3 is 66.5 Å². The number of aliphatic hydroxyl groups excluding tert-OH is 5. The number of Topliss-reactive ketones (excluding diaryl/α,β-unsaturated/α-hetero) is 2. The Morgan fingerprint density at radius 3 is 2.20 bits per heavy atom. The van der Waals surface area contributed by atoms with Crippen molar-refractivity contribution in [2.24, 2.45) is 17.6 Å². The number of aliphatic carboxylic acids is 1. The van der Waals surface area contributed by atoms with Gasteiger partial charge in [-0.25, -0.2) is 4.79 Å². The van der Waals surface area contributed by atoms with Gasteiger partial charge in [0.25, 0.3) is 5.91 Å². The van der Waals surface area contributed by atoms with E-state index >= 15 is 4.79 Å². The van der Waals surface area contributed by atoms with Crippen molar-refractivity contribution in [3.8, 4) is 5.75 Å². The van der Waals surface area contributed by atoms with Gasteiger partial charge >= 0.3 is 5.97 Å². The van der Waals surface area contributed by atoms with Crippen LogP contribution in [0.25, 0.3) is 5.76 Å². The molecule has 0 radical (unpaired) electrons. The second kappa shape index (κ2) is 14.2. The van der Waals surface area contributed by atoms with Crippen molar-refractivity contribution in [2.45, 2.75) is 81.5 Å². The number of ketones is 2. The third-order valence-corrected chi connectivity index (χ3v) is 10.3. The normalized spacial score (nSPS) is 31.2. The molecule has 5 rings (SSSR count). The molecule has 1 aromatic carbocycles. The molecule has 9 atom stereocenters. The molecule has 0 aromatic heterocycles. The van der Waals surface area contributed by atoms with Crippen LogP contribution in [-0.4, -0.2) is 153 Å². The average molecular weight is 762 g/mol. The Balaban J connectivity index is 1.75. The van der Waals surface area contributed by atoms with Gasteiger partial charge in [-0.3, -0.25) is 24.1 Å². The van der Waals surface area contributed by atoms with Crippen LogP contribution in [0.2, 0.25) is 0 Å². The highest BCUT2D eigenvalue weighted by Crippen LogP contribution is 2.56. The summed E-state index contributed by atoms with van der Waals surface area (Å²) in [7, 11) is 6.25. The number of aromatic hydroxyl groups is 1. The minimum absolute atomic E-state index is 0.0377. The Hall–Kier alpha value is -4.63. The fourth-order valence-electron chi connectivity index (χ4n) is 7.83. The topological polar surface area (TPSA) is 302 Å². The number of phenolic OH excluding ortho intramolecular Hbond substituents is 1. The maximum atomic E-state index is 15.1. The third kappa shape index (κ3) is 6.58. The van der Waals surface area contributed by atoms with Gasteiger partial charge in [-0.2, -0.15) is 0 Å². The molecule has 1 saturated carbocycles. The van der Waals surface area contributed by atoms with Crippen molar-refractivity contribution in [2.75, 3.05) is 45.0 Å². The van der Waals surface area contributed by atoms with E-state index in [2.05, 4.69) is 10.6 Å². The van der Waals surface area contributed by atoms with Gasteiger partial charge in [-0.1, -0.05) is 0 Å². The second-order valence-electron chi connectivity index (χ2n) is 15.5. The highest BCUT2D eigenvalue weighted by Gasteiger charge is 2.67. The van der Waals surface area contributed by atoms with E-state index in [9.17, 15) is 54.9 Å². The number of nitrogens with zero attached hydrogens (tertiary/aromatic N) is 2. The zero-order valence-corrected chi connectivity index (χ0v) is 30.8. The number of nitrogens with one attached hydrogen (secondary N) is 2. The summed E-state index contributed by atoms with van der Waals surface area (Å²) in [6, 6.07) is 0.0744. The number of phenols is 1. The van der Waals surface area contributed by atoms with Gasteiger partial charge in [0.1, 0.15) is 41.2 Å². The first-order valence-corrected chi connectivity index (χ1v) is 17.1. The van der Waals surface area contributed by atoms with Gasteiger partial charge in [0.15, 0.2) is 23.8 Å². The van der Waals surface area contributed by atoms with Crippen LogP contribution < -0.4 is 21.3 Å². The number of primary amides is 1. The van der Waals surface area contributed by atoms with Gasteiger partial charge in [0, 0.05) is 36.8 Å². The summed E-state index contributed by atoms with van der Waals surface area (Å²) in [6.45, 7) is 5.41. The van der Waals surface area contributed by atoms with Crippen molar-refractivity contribution in [1.82, 2.24) is 10.2 Å². The van der Waals surface area contributed by atoms with Gasteiger partial charge in [0.05, 0.1) is 23.8 Å². The lowest BCUT2D eigenvalue weighted by Crippen LogP contribution is -2.70. The Morgan fingerprint density at radius 1 is 1.04 bits per heavy atom. The van der Waals surface area contributed by atoms with E-state index in [-0.39, 0.29) is 30.6 Å². The van der Waals surface area contributed by atoms with Crippen LogP contribution in [0, 0.1) is 11.8 Å². The van der Waals surface area contributed by atoms with Crippen LogP contribution >= 0.6 is 0 Å². The zero-order chi connectivity index (χ0) is 40.5. The molecule has 19 nitrogen and oxygen atoms in total. The predicted molar refractivity (Wildman–Crippen MR) is 188 cm³/mol. The average Bonchev–Trinajstić information content (AvgIpc) is 3.05. The number of carbonyl (C=O) groups is 5. The molecule has 1 aliphatic heterocycles. The van der Waals surface area contributed by atoms with E-state index in [1.807, 2.05) is 20.8 Å². The highest BCUT2D eigenvalue weighted by molar-refractivity contribution is 6.24. The van der Waals surface area contributed by atoms with Crippen molar-refractivity contribution in [1.29, 1.82) is 0 Å². The van der Waals surface area contributed by atoms with Crippen molar-refractivity contribution < 1.29 is 69.2 Å². The van der Waals surface area contributed by atoms with Crippen molar-refractivity contribution in [3.63, 3.8) is 0 Å². The summed E-state index contributed by atoms with van der Waals surface area (Å²) in [5.74, 6) is -11.1. The van der Waals surface area contributed by atoms with Crippen LogP contribution in [-0.2, 0) is 39.9 Å². The van der Waals surface area contributed by atoms with Crippen LogP contribution in [0.15, 0.2) is 23.0 Å². The number of carbonyl (C=O) groups excluding carboxylic acids is 4. The summed E-state index contributed by atoms with van der Waals surface area (Å²) < 4.78 is 11.4. The molecule has 296 valence electrons. The SMILES string of the molecule is CN(C)c1cc(NC(=O)CNC(C)(C)C)c(O)c2c1C[C@H]1C[C@H]3[C@@H](N(C)C)C(=O)C(C(N)=O)=C(O)[C@@]3(O[C@@H]3O[C@H](C(=O)O)[C@@H](O)[C@H](O)[C@H]3O)C(=O)C1=C2O. The maximum Gasteiger partial charge on any atom is 0.335 e. The number of likely N-dealkylation sites (N-methyl/N-ethyl adjacent to an activating group) is 1. The first kappa shape index (κ1) is 40.6. The standard InChI is InChI=1S/C35H47N5O14/c1-34(2,3)37-11-17(41)38-15-10-16(39(4)5)13-8-12-9-14-21(40(6)7)24(44)20(31(36)50)30(49)35(14,29(48)18(12)23(43)19(13)22(15)42)54-33-27(47)25(45)26(46)28(53-33)32(51)52/h10,12,14,21,25-28,33,37,42-43,45-47,49H,8-9,11H2,1-7H3,(H2,36,50)(H,38,41)(H,51,52)/t12-,14-,21+,25-,26-,27+,28-,33-,35-/m0/s1. The number of hydrogen-bond acceptors (Lipinski definition) is 16. The summed E-state index contributed by atoms with van der Waals surface area (Å²) in [5.41, 5.74) is 1.17. The van der Waals surface area contributed by atoms with Gasteiger partial charge in [-0.05, 0) is 65.3 Å². The number of fused-ring (bicyclic) bond motifs is 3. The molecule has 1 aromatic rings. The quantitative estimate of drug-likeness (QED) is 0.0988. The molecule has 4 aliphatic rings. The number of carboxylic acids is 1. The molecule has 0 spiro atoms. The van der Waals surface area contributed by atoms with Crippen LogP contribution in [0.4, 0.5) is 11.4 Å². The molecule has 0 bridgehead atoms. The lowest BCUT2D eigenvalue weighted by molar-refractivity contribution is -0.321. The van der Waals surface area contributed by atoms with E-state index in [1.54, 1.807) is 19.0 Å². The minimum atomic E-state index is -2.91. The summed E-state index contributed by atoms with van der Waals surface area (Å²) in [5, 5.41) is 82.6. The number of carboxylic acid groups (broad SMARTS) is 1. The number of ether oxygens (including phenoxy) is 2. The Bertz CT molecular complexity index is 1850. The summed E-state index contributed by atoms with van der Waals surface area (Å²) in [6.07, 6.45) is -11.4. The lowest BCUT2D eigenvalue weighted by Gasteiger charge is -2.54. The number of rotatable bonds is 9.